The summed E-state index contributed by atoms with van der Waals surface area (Å²) in [5.74, 6) is -0.148. The number of para-hydroxylation sites is 1. The Bertz CT molecular complexity index is 1120. The van der Waals surface area contributed by atoms with Crippen molar-refractivity contribution in [3.8, 4) is 11.3 Å². The van der Waals surface area contributed by atoms with E-state index in [9.17, 15) is 4.79 Å². The van der Waals surface area contributed by atoms with Crippen LogP contribution in [0.5, 0.6) is 0 Å². The van der Waals surface area contributed by atoms with Gasteiger partial charge in [-0.25, -0.2) is 4.98 Å². The van der Waals surface area contributed by atoms with Crippen LogP contribution in [0.25, 0.3) is 22.2 Å². The summed E-state index contributed by atoms with van der Waals surface area (Å²) in [6, 6.07) is 19.5. The summed E-state index contributed by atoms with van der Waals surface area (Å²) in [5, 5.41) is 3.82. The van der Waals surface area contributed by atoms with Gasteiger partial charge in [0.1, 0.15) is 0 Å². The number of nitrogens with zero attached hydrogens (tertiary/aromatic N) is 2. The maximum Gasteiger partial charge on any atom is 0.256 e. The van der Waals surface area contributed by atoms with Gasteiger partial charge >= 0.3 is 0 Å². The average Bonchev–Trinajstić information content (AvgIpc) is 2.69. The fraction of sp³-hybridized carbons (Fsp3) is 0.0870. The second-order valence-corrected chi connectivity index (χ2v) is 6.53. The molecule has 1 N–H and O–H groups in total. The van der Waals surface area contributed by atoms with Crippen molar-refractivity contribution < 1.29 is 4.79 Å². The predicted molar refractivity (Wildman–Crippen MR) is 109 cm³/mol. The summed E-state index contributed by atoms with van der Waals surface area (Å²) in [6.07, 6.45) is 3.32. The molecule has 4 nitrogen and oxygen atoms in total. The zero-order valence-corrected chi connectivity index (χ0v) is 15.2. The Balaban J connectivity index is 1.89. The van der Waals surface area contributed by atoms with E-state index in [-0.39, 0.29) is 5.91 Å². The standard InChI is InChI=1S/C23H19N3O/c1-15-7-9-17(10-8-15)22-16(2)21(19-5-3-4-6-20(19)26-22)23(27)25-18-11-13-24-14-12-18/h3-14H,1-2H3,(H,24,25,27). The first-order valence-electron chi connectivity index (χ1n) is 8.81. The Kier molecular flexibility index (Phi) is 4.38. The lowest BCUT2D eigenvalue weighted by Crippen LogP contribution is -2.15. The van der Waals surface area contributed by atoms with E-state index in [0.29, 0.717) is 11.3 Å². The Morgan fingerprint density at radius 3 is 2.33 bits per heavy atom. The number of fused-ring (bicyclic) bond motifs is 1. The largest absolute Gasteiger partial charge is 0.322 e. The number of anilines is 1. The van der Waals surface area contributed by atoms with Crippen LogP contribution in [0, 0.1) is 13.8 Å². The Hall–Kier alpha value is -3.53. The number of amides is 1. The molecule has 132 valence electrons. The highest BCUT2D eigenvalue weighted by Crippen LogP contribution is 2.30. The quantitative estimate of drug-likeness (QED) is 0.553. The monoisotopic (exact) mass is 353 g/mol. The van der Waals surface area contributed by atoms with E-state index in [1.165, 1.54) is 5.56 Å². The molecule has 0 saturated carbocycles. The average molecular weight is 353 g/mol. The van der Waals surface area contributed by atoms with Crippen LogP contribution >= 0.6 is 0 Å². The molecule has 2 aromatic heterocycles. The van der Waals surface area contributed by atoms with E-state index in [4.69, 9.17) is 4.98 Å². The molecule has 0 bridgehead atoms. The highest BCUT2D eigenvalue weighted by Gasteiger charge is 2.19. The smallest absolute Gasteiger partial charge is 0.256 e. The van der Waals surface area contributed by atoms with E-state index in [1.54, 1.807) is 24.5 Å². The zero-order chi connectivity index (χ0) is 18.8. The summed E-state index contributed by atoms with van der Waals surface area (Å²) in [4.78, 5) is 22.0. The van der Waals surface area contributed by atoms with Crippen molar-refractivity contribution in [3.05, 3.63) is 89.7 Å². The van der Waals surface area contributed by atoms with Gasteiger partial charge in [0, 0.05) is 29.0 Å². The molecule has 1 amide bonds. The minimum absolute atomic E-state index is 0.148. The van der Waals surface area contributed by atoms with Crippen LogP contribution in [0.3, 0.4) is 0 Å². The summed E-state index contributed by atoms with van der Waals surface area (Å²) in [5.41, 5.74) is 6.05. The van der Waals surface area contributed by atoms with Gasteiger partial charge in [-0.15, -0.1) is 0 Å². The fourth-order valence-electron chi connectivity index (χ4n) is 3.22. The van der Waals surface area contributed by atoms with Crippen molar-refractivity contribution in [2.45, 2.75) is 13.8 Å². The van der Waals surface area contributed by atoms with Crippen molar-refractivity contribution in [1.82, 2.24) is 9.97 Å². The van der Waals surface area contributed by atoms with E-state index in [2.05, 4.69) is 29.4 Å². The molecule has 27 heavy (non-hydrogen) atoms. The summed E-state index contributed by atoms with van der Waals surface area (Å²) >= 11 is 0. The van der Waals surface area contributed by atoms with Gasteiger partial charge in [-0.2, -0.15) is 0 Å². The molecule has 4 aromatic rings. The van der Waals surface area contributed by atoms with Gasteiger partial charge in [-0.3, -0.25) is 9.78 Å². The number of nitrogens with one attached hydrogen (secondary N) is 1. The van der Waals surface area contributed by atoms with Crippen molar-refractivity contribution in [2.24, 2.45) is 0 Å². The number of hydrogen-bond donors (Lipinski definition) is 1. The first kappa shape index (κ1) is 16.9. The molecule has 0 aliphatic carbocycles. The maximum absolute atomic E-state index is 13.1. The minimum Gasteiger partial charge on any atom is -0.322 e. The lowest BCUT2D eigenvalue weighted by atomic mass is 9.96. The molecule has 0 aliphatic heterocycles. The molecule has 2 heterocycles. The lowest BCUT2D eigenvalue weighted by Gasteiger charge is -2.15. The summed E-state index contributed by atoms with van der Waals surface area (Å²) in [6.45, 7) is 4.01. The lowest BCUT2D eigenvalue weighted by molar-refractivity contribution is 0.102. The number of aromatic nitrogens is 2. The molecule has 0 atom stereocenters. The molecule has 0 unspecified atom stereocenters. The first-order valence-corrected chi connectivity index (χ1v) is 8.81. The topological polar surface area (TPSA) is 54.9 Å². The molecular weight excluding hydrogens is 334 g/mol. The van der Waals surface area contributed by atoms with Crippen LogP contribution in [0.4, 0.5) is 5.69 Å². The fourth-order valence-corrected chi connectivity index (χ4v) is 3.22. The number of hydrogen-bond acceptors (Lipinski definition) is 3. The highest BCUT2D eigenvalue weighted by atomic mass is 16.1. The van der Waals surface area contributed by atoms with Crippen LogP contribution in [-0.2, 0) is 0 Å². The SMILES string of the molecule is Cc1ccc(-c2nc3ccccc3c(C(=O)Nc3ccncc3)c2C)cc1. The van der Waals surface area contributed by atoms with Crippen molar-refractivity contribution in [1.29, 1.82) is 0 Å². The Morgan fingerprint density at radius 1 is 0.889 bits per heavy atom. The third kappa shape index (κ3) is 3.29. The molecule has 0 radical (unpaired) electrons. The molecule has 4 rings (SSSR count). The second kappa shape index (κ2) is 7.00. The van der Waals surface area contributed by atoms with E-state index in [0.717, 1.165) is 27.7 Å². The number of aryl methyl sites for hydroxylation is 1. The van der Waals surface area contributed by atoms with Crippen molar-refractivity contribution in [3.63, 3.8) is 0 Å². The van der Waals surface area contributed by atoms with Gasteiger partial charge in [0.05, 0.1) is 16.8 Å². The van der Waals surface area contributed by atoms with Gasteiger partial charge in [-0.1, -0.05) is 48.0 Å². The number of carbonyl (C=O) groups excluding carboxylic acids is 1. The Morgan fingerprint density at radius 2 is 1.59 bits per heavy atom. The van der Waals surface area contributed by atoms with Crippen molar-refractivity contribution in [2.75, 3.05) is 5.32 Å². The number of rotatable bonds is 3. The normalized spacial score (nSPS) is 10.7. The van der Waals surface area contributed by atoms with Crippen LogP contribution in [-0.4, -0.2) is 15.9 Å². The molecule has 0 aliphatic rings. The van der Waals surface area contributed by atoms with E-state index in [1.807, 2.05) is 43.3 Å². The summed E-state index contributed by atoms with van der Waals surface area (Å²) in [7, 11) is 0. The van der Waals surface area contributed by atoms with Gasteiger partial charge in [0.25, 0.3) is 5.91 Å². The van der Waals surface area contributed by atoms with E-state index >= 15 is 0 Å². The van der Waals surface area contributed by atoms with Gasteiger partial charge in [0.2, 0.25) is 0 Å². The van der Waals surface area contributed by atoms with Gasteiger partial charge < -0.3 is 5.32 Å². The second-order valence-electron chi connectivity index (χ2n) is 6.53. The molecule has 0 fully saturated rings. The van der Waals surface area contributed by atoms with Gasteiger partial charge in [-0.05, 0) is 37.6 Å². The minimum atomic E-state index is -0.148. The molecular formula is C23H19N3O. The molecule has 4 heteroatoms. The number of carbonyl (C=O) groups is 1. The first-order chi connectivity index (χ1) is 13.1. The zero-order valence-electron chi connectivity index (χ0n) is 15.2. The predicted octanol–water partition coefficient (Wildman–Crippen LogP) is 5.17. The van der Waals surface area contributed by atoms with E-state index < -0.39 is 0 Å². The third-order valence-corrected chi connectivity index (χ3v) is 4.63. The highest BCUT2D eigenvalue weighted by molar-refractivity contribution is 6.14. The van der Waals surface area contributed by atoms with Crippen molar-refractivity contribution >= 4 is 22.5 Å². The van der Waals surface area contributed by atoms with Crippen LogP contribution < -0.4 is 5.32 Å². The van der Waals surface area contributed by atoms with Crippen LogP contribution in [0.2, 0.25) is 0 Å². The molecule has 0 spiro atoms. The number of pyridine rings is 2. The maximum atomic E-state index is 13.1. The van der Waals surface area contributed by atoms with Crippen LogP contribution in [0.15, 0.2) is 73.1 Å². The molecule has 0 saturated heterocycles. The summed E-state index contributed by atoms with van der Waals surface area (Å²) < 4.78 is 0. The number of benzene rings is 2. The molecule has 2 aromatic carbocycles. The Labute approximate surface area is 157 Å². The van der Waals surface area contributed by atoms with Crippen LogP contribution in [0.1, 0.15) is 21.5 Å². The van der Waals surface area contributed by atoms with Gasteiger partial charge in [0.15, 0.2) is 0 Å². The third-order valence-electron chi connectivity index (χ3n) is 4.63.